The maximum Gasteiger partial charge on any atom is 0.132 e. The molecule has 0 aromatic heterocycles. The summed E-state index contributed by atoms with van der Waals surface area (Å²) in [7, 11) is 0. The monoisotopic (exact) mass is 326 g/mol. The van der Waals surface area contributed by atoms with E-state index in [0.717, 1.165) is 45.7 Å². The molecule has 24 heavy (non-hydrogen) atoms. The van der Waals surface area contributed by atoms with Crippen LogP contribution in [-0.4, -0.2) is 23.4 Å². The molecule has 1 aliphatic heterocycles. The van der Waals surface area contributed by atoms with Crippen molar-refractivity contribution in [3.63, 3.8) is 0 Å². The molecule has 1 fully saturated rings. The van der Waals surface area contributed by atoms with Crippen molar-refractivity contribution in [2.75, 3.05) is 6.61 Å². The van der Waals surface area contributed by atoms with Crippen LogP contribution in [0.4, 0.5) is 0 Å². The Hall–Kier alpha value is -2.00. The molecular weight excluding hydrogens is 300 g/mol. The van der Waals surface area contributed by atoms with Crippen molar-refractivity contribution < 1.29 is 14.6 Å². The van der Waals surface area contributed by atoms with Crippen LogP contribution in [0.2, 0.25) is 0 Å². The van der Waals surface area contributed by atoms with Gasteiger partial charge in [0.2, 0.25) is 0 Å². The number of rotatable bonds is 4. The summed E-state index contributed by atoms with van der Waals surface area (Å²) < 4.78 is 11.7. The first kappa shape index (κ1) is 16.8. The van der Waals surface area contributed by atoms with E-state index in [2.05, 4.69) is 39.8 Å². The van der Waals surface area contributed by atoms with Crippen LogP contribution >= 0.6 is 0 Å². The minimum absolute atomic E-state index is 0.179. The lowest BCUT2D eigenvalue weighted by Gasteiger charge is -2.27. The number of aryl methyl sites for hydroxylation is 4. The van der Waals surface area contributed by atoms with E-state index in [1.54, 1.807) is 0 Å². The molecule has 128 valence electrons. The second kappa shape index (κ2) is 5.82. The fraction of sp³-hybridized carbons (Fsp3) is 0.429. The van der Waals surface area contributed by atoms with Crippen LogP contribution in [0.25, 0.3) is 11.1 Å². The maximum atomic E-state index is 9.98. The van der Waals surface area contributed by atoms with Crippen LogP contribution in [0.3, 0.4) is 0 Å². The molecular formula is C21H26O3. The third kappa shape index (κ3) is 3.13. The van der Waals surface area contributed by atoms with Gasteiger partial charge in [0.25, 0.3) is 0 Å². The molecule has 0 saturated carbocycles. The molecule has 1 heterocycles. The Bertz CT molecular complexity index is 740. The summed E-state index contributed by atoms with van der Waals surface area (Å²) in [5, 5.41) is 9.98. The fourth-order valence-corrected chi connectivity index (χ4v) is 3.18. The number of aromatic hydroxyl groups is 1. The number of phenolic OH excluding ortho intramolecular Hbond substituents is 1. The fourth-order valence-electron chi connectivity index (χ4n) is 3.18. The standard InChI is InChI=1S/C21H26O3/c1-12-7-16(8-13(2)19(12)22)17-9-14(3)20(15(4)10-17)24-21(5,6)18-11-23-18/h7-10,18,22H,11H2,1-6H3. The molecule has 1 saturated heterocycles. The van der Waals surface area contributed by atoms with Crippen LogP contribution in [0.5, 0.6) is 11.5 Å². The summed E-state index contributed by atoms with van der Waals surface area (Å²) in [5.74, 6) is 1.31. The van der Waals surface area contributed by atoms with Gasteiger partial charge in [-0.2, -0.15) is 0 Å². The van der Waals surface area contributed by atoms with E-state index in [1.807, 2.05) is 26.0 Å². The molecule has 0 bridgehead atoms. The molecule has 3 nitrogen and oxygen atoms in total. The molecule has 1 unspecified atom stereocenters. The minimum Gasteiger partial charge on any atom is -0.507 e. The number of benzene rings is 2. The highest BCUT2D eigenvalue weighted by Crippen LogP contribution is 2.37. The quantitative estimate of drug-likeness (QED) is 0.817. The maximum absolute atomic E-state index is 9.98. The summed E-state index contributed by atoms with van der Waals surface area (Å²) in [6, 6.07) is 8.35. The van der Waals surface area contributed by atoms with Crippen molar-refractivity contribution in [1.29, 1.82) is 0 Å². The van der Waals surface area contributed by atoms with Gasteiger partial charge in [-0.05, 0) is 99.2 Å². The van der Waals surface area contributed by atoms with Gasteiger partial charge in [-0.1, -0.05) is 0 Å². The van der Waals surface area contributed by atoms with Crippen molar-refractivity contribution in [2.45, 2.75) is 53.2 Å². The smallest absolute Gasteiger partial charge is 0.132 e. The van der Waals surface area contributed by atoms with Gasteiger partial charge in [0.15, 0.2) is 0 Å². The lowest BCUT2D eigenvalue weighted by Crippen LogP contribution is -2.35. The molecule has 2 aromatic carbocycles. The lowest BCUT2D eigenvalue weighted by molar-refractivity contribution is 0.0729. The SMILES string of the molecule is Cc1cc(-c2cc(C)c(OC(C)(C)C3CO3)c(C)c2)cc(C)c1O. The average Bonchev–Trinajstić information content (AvgIpc) is 3.33. The predicted octanol–water partition coefficient (Wildman–Crippen LogP) is 4.85. The predicted molar refractivity (Wildman–Crippen MR) is 96.9 cm³/mol. The van der Waals surface area contributed by atoms with Gasteiger partial charge in [0.1, 0.15) is 23.2 Å². The molecule has 2 aromatic rings. The van der Waals surface area contributed by atoms with Gasteiger partial charge < -0.3 is 14.6 Å². The number of ether oxygens (including phenoxy) is 2. The van der Waals surface area contributed by atoms with E-state index in [4.69, 9.17) is 9.47 Å². The molecule has 1 atom stereocenters. The topological polar surface area (TPSA) is 42.0 Å². The Morgan fingerprint density at radius 2 is 1.33 bits per heavy atom. The summed E-state index contributed by atoms with van der Waals surface area (Å²) in [6.07, 6.45) is 0.179. The zero-order valence-corrected chi connectivity index (χ0v) is 15.4. The number of hydrogen-bond donors (Lipinski definition) is 1. The van der Waals surface area contributed by atoms with E-state index >= 15 is 0 Å². The zero-order valence-electron chi connectivity index (χ0n) is 15.4. The Labute approximate surface area is 144 Å². The highest BCUT2D eigenvalue weighted by Gasteiger charge is 2.42. The zero-order chi connectivity index (χ0) is 17.6. The van der Waals surface area contributed by atoms with Crippen molar-refractivity contribution in [1.82, 2.24) is 0 Å². The molecule has 1 aliphatic rings. The second-order valence-corrected chi connectivity index (χ2v) is 7.43. The van der Waals surface area contributed by atoms with E-state index in [1.165, 1.54) is 0 Å². The molecule has 0 amide bonds. The summed E-state index contributed by atoms with van der Waals surface area (Å²) in [6.45, 7) is 12.9. The van der Waals surface area contributed by atoms with E-state index in [-0.39, 0.29) is 11.7 Å². The van der Waals surface area contributed by atoms with Crippen molar-refractivity contribution in [3.05, 3.63) is 46.5 Å². The van der Waals surface area contributed by atoms with Gasteiger partial charge in [-0.15, -0.1) is 0 Å². The first-order valence-electron chi connectivity index (χ1n) is 8.41. The Kier molecular flexibility index (Phi) is 4.08. The van der Waals surface area contributed by atoms with Crippen LogP contribution in [0, 0.1) is 27.7 Å². The van der Waals surface area contributed by atoms with E-state index in [9.17, 15) is 5.11 Å². The first-order chi connectivity index (χ1) is 11.2. The van der Waals surface area contributed by atoms with Crippen LogP contribution < -0.4 is 4.74 Å². The lowest BCUT2D eigenvalue weighted by atomic mass is 9.96. The van der Waals surface area contributed by atoms with Crippen LogP contribution in [0.15, 0.2) is 24.3 Å². The van der Waals surface area contributed by atoms with Gasteiger partial charge in [-0.25, -0.2) is 0 Å². The summed E-state index contributed by atoms with van der Waals surface area (Å²) in [4.78, 5) is 0. The summed E-state index contributed by atoms with van der Waals surface area (Å²) >= 11 is 0. The summed E-state index contributed by atoms with van der Waals surface area (Å²) in [5.41, 5.74) is 5.96. The molecule has 3 rings (SSSR count). The van der Waals surface area contributed by atoms with Crippen molar-refractivity contribution >= 4 is 0 Å². The van der Waals surface area contributed by atoms with Crippen LogP contribution in [0.1, 0.15) is 36.1 Å². The largest absolute Gasteiger partial charge is 0.507 e. The van der Waals surface area contributed by atoms with Gasteiger partial charge >= 0.3 is 0 Å². The molecule has 0 radical (unpaired) electrons. The third-order valence-electron chi connectivity index (χ3n) is 4.76. The molecule has 0 aliphatic carbocycles. The second-order valence-electron chi connectivity index (χ2n) is 7.43. The van der Waals surface area contributed by atoms with Gasteiger partial charge in [0.05, 0.1) is 6.61 Å². The number of hydrogen-bond acceptors (Lipinski definition) is 3. The molecule has 0 spiro atoms. The van der Waals surface area contributed by atoms with Crippen molar-refractivity contribution in [3.8, 4) is 22.6 Å². The average molecular weight is 326 g/mol. The first-order valence-corrected chi connectivity index (χ1v) is 8.41. The normalized spacial score (nSPS) is 17.0. The Morgan fingerprint density at radius 1 is 0.917 bits per heavy atom. The minimum atomic E-state index is -0.317. The van der Waals surface area contributed by atoms with Crippen molar-refractivity contribution in [2.24, 2.45) is 0 Å². The molecule has 1 N–H and O–H groups in total. The third-order valence-corrected chi connectivity index (χ3v) is 4.76. The van der Waals surface area contributed by atoms with Gasteiger partial charge in [-0.3, -0.25) is 0 Å². The van der Waals surface area contributed by atoms with Crippen LogP contribution in [-0.2, 0) is 4.74 Å². The van der Waals surface area contributed by atoms with E-state index < -0.39 is 0 Å². The van der Waals surface area contributed by atoms with E-state index in [0.29, 0.717) is 5.75 Å². The number of epoxide rings is 1. The highest BCUT2D eigenvalue weighted by atomic mass is 16.6. The molecule has 3 heteroatoms. The Balaban J connectivity index is 1.98. The van der Waals surface area contributed by atoms with Gasteiger partial charge in [0, 0.05) is 0 Å². The Morgan fingerprint density at radius 3 is 1.75 bits per heavy atom. The highest BCUT2D eigenvalue weighted by molar-refractivity contribution is 5.70. The number of phenols is 1.